The van der Waals surface area contributed by atoms with Crippen LogP contribution < -0.4 is 32.0 Å². The van der Waals surface area contributed by atoms with E-state index in [9.17, 15) is 19.2 Å². The van der Waals surface area contributed by atoms with Crippen molar-refractivity contribution < 1.29 is 37.3 Å². The molecular formula is C43H43FN6O11. The van der Waals surface area contributed by atoms with Crippen molar-refractivity contribution in [3.8, 4) is 11.5 Å². The van der Waals surface area contributed by atoms with Crippen LogP contribution in [0, 0.1) is 5.92 Å². The molecule has 2 saturated heterocycles. The highest BCUT2D eigenvalue weighted by Gasteiger charge is 2.49. The van der Waals surface area contributed by atoms with E-state index in [1.807, 2.05) is 78.9 Å². The average molecular weight is 839 g/mol. The zero-order valence-electron chi connectivity index (χ0n) is 33.3. The van der Waals surface area contributed by atoms with E-state index in [2.05, 4.69) is 20.1 Å². The molecule has 3 aromatic carbocycles. The predicted octanol–water partition coefficient (Wildman–Crippen LogP) is 3.44. The van der Waals surface area contributed by atoms with E-state index in [0.29, 0.717) is 17.9 Å². The second-order valence-corrected chi connectivity index (χ2v) is 14.7. The molecule has 0 spiro atoms. The molecule has 0 saturated carbocycles. The third-order valence-corrected chi connectivity index (χ3v) is 11.1. The molecule has 318 valence electrons. The van der Waals surface area contributed by atoms with Crippen LogP contribution in [0.15, 0.2) is 127 Å². The molecule has 3 aromatic heterocycles. The number of methoxy groups -OCH3 is 3. The maximum absolute atomic E-state index is 17.0. The summed E-state index contributed by atoms with van der Waals surface area (Å²) in [6.45, 7) is -0.187. The Kier molecular flexibility index (Phi) is 11.9. The van der Waals surface area contributed by atoms with Crippen LogP contribution in [0.5, 0.6) is 11.5 Å². The van der Waals surface area contributed by atoms with Gasteiger partial charge in [-0.2, -0.15) is 4.98 Å². The largest absolute Gasteiger partial charge is 0.497 e. The quantitative estimate of drug-likeness (QED) is 0.143. The SMILES string of the molecule is COc1ccc(C(OC[C@H]2O[C@@H](n3ccc(=O)[nH]c3=O)[C@H](F)[C@@H]2Cc2nc(C[C@H]3C[C@@H](OC)[C@H](n4ccc(=O)[nH]c4=O)O3)no2)(c2ccccc2)c2ccc(OC)cc2)cc1. The van der Waals surface area contributed by atoms with Crippen LogP contribution in [0.4, 0.5) is 4.39 Å². The minimum Gasteiger partial charge on any atom is -0.497 e. The number of aromatic amines is 2. The number of alkyl halides is 1. The van der Waals surface area contributed by atoms with Gasteiger partial charge in [0, 0.05) is 56.8 Å². The Morgan fingerprint density at radius 3 is 1.87 bits per heavy atom. The van der Waals surface area contributed by atoms with Crippen molar-refractivity contribution >= 4 is 0 Å². The molecule has 0 amide bonds. The molecular weight excluding hydrogens is 796 g/mol. The molecule has 0 bridgehead atoms. The van der Waals surface area contributed by atoms with Crippen LogP contribution in [0.25, 0.3) is 0 Å². The van der Waals surface area contributed by atoms with Gasteiger partial charge in [-0.15, -0.1) is 0 Å². The summed E-state index contributed by atoms with van der Waals surface area (Å²) in [6.07, 6.45) is -3.11. The fourth-order valence-electron chi connectivity index (χ4n) is 8.10. The van der Waals surface area contributed by atoms with Gasteiger partial charge < -0.3 is 32.9 Å². The lowest BCUT2D eigenvalue weighted by Crippen LogP contribution is -2.38. The van der Waals surface area contributed by atoms with Crippen molar-refractivity contribution in [2.75, 3.05) is 27.9 Å². The maximum atomic E-state index is 17.0. The Bertz CT molecular complexity index is 2620. The third kappa shape index (κ3) is 8.34. The van der Waals surface area contributed by atoms with Crippen molar-refractivity contribution in [3.63, 3.8) is 0 Å². The monoisotopic (exact) mass is 838 g/mol. The molecule has 8 rings (SSSR count). The lowest BCUT2D eigenvalue weighted by Gasteiger charge is -2.37. The molecule has 61 heavy (non-hydrogen) atoms. The van der Waals surface area contributed by atoms with Crippen LogP contribution in [0.2, 0.25) is 0 Å². The lowest BCUT2D eigenvalue weighted by molar-refractivity contribution is -0.0877. The zero-order valence-corrected chi connectivity index (χ0v) is 33.3. The van der Waals surface area contributed by atoms with Gasteiger partial charge in [-0.05, 0) is 41.0 Å². The molecule has 18 heteroatoms. The summed E-state index contributed by atoms with van der Waals surface area (Å²) in [4.78, 5) is 58.1. The summed E-state index contributed by atoms with van der Waals surface area (Å²) in [5, 5.41) is 4.15. The fraction of sp³-hybridized carbons (Fsp3) is 0.349. The highest BCUT2D eigenvalue weighted by atomic mass is 19.1. The summed E-state index contributed by atoms with van der Waals surface area (Å²) < 4.78 is 61.0. The van der Waals surface area contributed by atoms with Crippen molar-refractivity contribution in [1.29, 1.82) is 0 Å². The number of hydrogen-bond acceptors (Lipinski definition) is 13. The van der Waals surface area contributed by atoms with Gasteiger partial charge in [0.25, 0.3) is 11.1 Å². The van der Waals surface area contributed by atoms with Crippen LogP contribution in [-0.2, 0) is 37.4 Å². The smallest absolute Gasteiger partial charge is 0.330 e. The molecule has 0 radical (unpaired) electrons. The summed E-state index contributed by atoms with van der Waals surface area (Å²) >= 11 is 0. The number of nitrogens with zero attached hydrogens (tertiary/aromatic N) is 4. The minimum absolute atomic E-state index is 0.0973. The van der Waals surface area contributed by atoms with Crippen LogP contribution in [0.1, 0.15) is 47.3 Å². The van der Waals surface area contributed by atoms with Crippen LogP contribution >= 0.6 is 0 Å². The molecule has 7 atom stereocenters. The summed E-state index contributed by atoms with van der Waals surface area (Å²) in [5.41, 5.74) is -1.69. The summed E-state index contributed by atoms with van der Waals surface area (Å²) in [6, 6.07) is 26.8. The maximum Gasteiger partial charge on any atom is 0.330 e. The van der Waals surface area contributed by atoms with Gasteiger partial charge in [0.05, 0.1) is 33.0 Å². The number of H-pyrrole nitrogens is 2. The molecule has 2 N–H and O–H groups in total. The van der Waals surface area contributed by atoms with E-state index in [4.69, 9.17) is 32.9 Å². The molecule has 0 aliphatic carbocycles. The number of halogens is 1. The minimum atomic E-state index is -1.81. The van der Waals surface area contributed by atoms with Gasteiger partial charge in [0.15, 0.2) is 24.5 Å². The molecule has 6 aromatic rings. The first-order chi connectivity index (χ1) is 29.6. The molecule has 2 aliphatic rings. The standard InChI is InChI=1S/C43H43FN6O11/c1-55-28-13-9-26(10-14-28)43(25-7-5-4-6-8-25,27-11-15-29(56-2)16-12-27)58-24-33-31(38(44)40(60-33)50-20-18-36(52)47-42(50)54)23-37-45-34(48-61-37)22-30-21-32(57-3)39(59-30)49-19-17-35(51)46-41(49)53/h4-20,30-33,38-40H,21-24H2,1-3H3,(H,46,51,53)(H,47,52,54)/t30-,31-,32-,33-,38-,39-,40-/m1/s1. The second kappa shape index (κ2) is 17.6. The first kappa shape index (κ1) is 41.3. The van der Waals surface area contributed by atoms with Crippen molar-refractivity contribution in [2.24, 2.45) is 5.92 Å². The van der Waals surface area contributed by atoms with E-state index in [-0.39, 0.29) is 31.2 Å². The number of benzene rings is 3. The van der Waals surface area contributed by atoms with E-state index in [0.717, 1.165) is 27.3 Å². The third-order valence-electron chi connectivity index (χ3n) is 11.1. The van der Waals surface area contributed by atoms with E-state index >= 15 is 4.39 Å². The number of rotatable bonds is 15. The van der Waals surface area contributed by atoms with Crippen LogP contribution in [-0.4, -0.2) is 81.7 Å². The van der Waals surface area contributed by atoms with Crippen molar-refractivity contribution in [1.82, 2.24) is 29.2 Å². The van der Waals surface area contributed by atoms with Gasteiger partial charge in [-0.3, -0.25) is 28.7 Å². The second-order valence-electron chi connectivity index (χ2n) is 14.7. The summed E-state index contributed by atoms with van der Waals surface area (Å²) in [5.74, 6) is 0.640. The van der Waals surface area contributed by atoms with Crippen molar-refractivity contribution in [3.05, 3.63) is 173 Å². The Labute approximate surface area is 346 Å². The van der Waals surface area contributed by atoms with Gasteiger partial charge in [0.2, 0.25) is 5.89 Å². The highest BCUT2D eigenvalue weighted by Crippen LogP contribution is 2.44. The van der Waals surface area contributed by atoms with Crippen molar-refractivity contribution in [2.45, 2.75) is 61.8 Å². The Morgan fingerprint density at radius 1 is 0.738 bits per heavy atom. The number of aromatic nitrogens is 6. The molecule has 2 aliphatic heterocycles. The van der Waals surface area contributed by atoms with Gasteiger partial charge in [0.1, 0.15) is 23.2 Å². The van der Waals surface area contributed by atoms with Gasteiger partial charge in [-0.1, -0.05) is 59.8 Å². The topological polar surface area (TPSA) is 204 Å². The average Bonchev–Trinajstić information content (AvgIpc) is 3.99. The molecule has 2 fully saturated rings. The molecule has 5 heterocycles. The Morgan fingerprint density at radius 2 is 1.31 bits per heavy atom. The van der Waals surface area contributed by atoms with E-state index < -0.39 is 71.0 Å². The highest BCUT2D eigenvalue weighted by molar-refractivity contribution is 5.49. The normalized spacial score (nSPS) is 22.7. The van der Waals surface area contributed by atoms with Gasteiger partial charge in [-0.25, -0.2) is 14.0 Å². The van der Waals surface area contributed by atoms with E-state index in [1.165, 1.54) is 30.1 Å². The van der Waals surface area contributed by atoms with E-state index in [1.54, 1.807) is 14.2 Å². The zero-order chi connectivity index (χ0) is 42.7. The van der Waals surface area contributed by atoms with Gasteiger partial charge >= 0.3 is 11.4 Å². The van der Waals surface area contributed by atoms with Crippen LogP contribution in [0.3, 0.4) is 0 Å². The summed E-state index contributed by atoms with van der Waals surface area (Å²) in [7, 11) is 4.65. The number of nitrogens with one attached hydrogen (secondary N) is 2. The number of ether oxygens (including phenoxy) is 6. The molecule has 17 nitrogen and oxygen atoms in total. The number of hydrogen-bond donors (Lipinski definition) is 2. The fourth-order valence-corrected chi connectivity index (χ4v) is 8.10. The lowest BCUT2D eigenvalue weighted by atomic mass is 9.80. The first-order valence-corrected chi connectivity index (χ1v) is 19.5. The first-order valence-electron chi connectivity index (χ1n) is 19.5. The molecule has 0 unspecified atom stereocenters. The Hall–Kier alpha value is -6.47. The Balaban J connectivity index is 1.10. The predicted molar refractivity (Wildman–Crippen MR) is 214 cm³/mol.